The number of alkyl halides is 3. The minimum atomic E-state index is -5.08. The van der Waals surface area contributed by atoms with Crippen LogP contribution in [0, 0.1) is 18.6 Å². The summed E-state index contributed by atoms with van der Waals surface area (Å²) in [4.78, 5) is 24.2. The Morgan fingerprint density at radius 1 is 0.957 bits per heavy atom. The largest absolute Gasteiger partial charge is 0.493 e. The smallest absolute Gasteiger partial charge is 0.490 e. The molecule has 3 aromatic rings. The topological polar surface area (TPSA) is 100 Å². The lowest BCUT2D eigenvalue weighted by Crippen LogP contribution is -2.52. The summed E-state index contributed by atoms with van der Waals surface area (Å²) in [5, 5.41) is 12.8. The monoisotopic (exact) mass is 649 g/mol. The third kappa shape index (κ3) is 8.06. The first kappa shape index (κ1) is 34.5. The molecule has 1 saturated heterocycles. The van der Waals surface area contributed by atoms with E-state index in [0.29, 0.717) is 11.5 Å². The van der Waals surface area contributed by atoms with Crippen molar-refractivity contribution in [3.63, 3.8) is 0 Å². The molecule has 0 unspecified atom stereocenters. The number of ether oxygens (including phenoxy) is 2. The van der Waals surface area contributed by atoms with Gasteiger partial charge in [0.05, 0.1) is 14.2 Å². The molecular weight excluding hydrogens is 613 g/mol. The number of carbonyl (C=O) groups is 2. The van der Waals surface area contributed by atoms with Crippen LogP contribution in [0.2, 0.25) is 0 Å². The van der Waals surface area contributed by atoms with Gasteiger partial charge in [-0.25, -0.2) is 18.4 Å². The number of benzene rings is 3. The number of amides is 2. The number of carbonyl (C=O) groups excluding carboxylic acids is 1. The maximum atomic E-state index is 13.6. The summed E-state index contributed by atoms with van der Waals surface area (Å²) < 4.78 is 69.8. The Hall–Kier alpha value is -4.39. The zero-order valence-electron chi connectivity index (χ0n) is 25.6. The predicted molar refractivity (Wildman–Crippen MR) is 161 cm³/mol. The minimum Gasteiger partial charge on any atom is -0.493 e. The molecule has 13 heteroatoms. The van der Waals surface area contributed by atoms with E-state index in [1.165, 1.54) is 22.8 Å². The molecule has 2 aliphatic rings. The molecule has 3 N–H and O–H groups in total. The Kier molecular flexibility index (Phi) is 10.8. The molecule has 0 aromatic heterocycles. The third-order valence-corrected chi connectivity index (χ3v) is 8.59. The van der Waals surface area contributed by atoms with Gasteiger partial charge in [0, 0.05) is 35.8 Å². The van der Waals surface area contributed by atoms with Crippen molar-refractivity contribution >= 4 is 17.7 Å². The molecule has 2 fully saturated rings. The lowest BCUT2D eigenvalue weighted by molar-refractivity contribution is -0.192. The first-order valence-electron chi connectivity index (χ1n) is 14.6. The average Bonchev–Trinajstić information content (AvgIpc) is 3.38. The SMILES string of the molecule is COc1ccc([C@@]23CC[C@@H](NC(=O)Nc4ccc(F)c(F)c4)C[C@@H]2N(Cc2ccc(C)cc2)CC3)cc1OC.O=C(O)C(F)(F)F. The number of urea groups is 1. The van der Waals surface area contributed by atoms with Gasteiger partial charge in [-0.05, 0) is 74.5 Å². The quantitative estimate of drug-likeness (QED) is 0.243. The van der Waals surface area contributed by atoms with Gasteiger partial charge in [0.15, 0.2) is 23.1 Å². The first-order chi connectivity index (χ1) is 21.7. The molecule has 3 aromatic carbocycles. The highest BCUT2D eigenvalue weighted by Gasteiger charge is 2.51. The summed E-state index contributed by atoms with van der Waals surface area (Å²) in [5.41, 5.74) is 3.84. The summed E-state index contributed by atoms with van der Waals surface area (Å²) in [6.45, 7) is 3.86. The Labute approximate surface area is 263 Å². The van der Waals surface area contributed by atoms with E-state index in [1.807, 2.05) is 6.07 Å². The van der Waals surface area contributed by atoms with Gasteiger partial charge in [0.2, 0.25) is 0 Å². The van der Waals surface area contributed by atoms with Crippen LogP contribution in [0.1, 0.15) is 42.4 Å². The number of hydrogen-bond acceptors (Lipinski definition) is 5. The Morgan fingerprint density at radius 2 is 1.63 bits per heavy atom. The van der Waals surface area contributed by atoms with Crippen molar-refractivity contribution in [2.75, 3.05) is 26.1 Å². The van der Waals surface area contributed by atoms with Crippen LogP contribution in [0.5, 0.6) is 11.5 Å². The maximum Gasteiger partial charge on any atom is 0.490 e. The number of carboxylic acid groups (broad SMARTS) is 1. The number of anilines is 1. The fourth-order valence-electron chi connectivity index (χ4n) is 6.30. The van der Waals surface area contributed by atoms with Crippen molar-refractivity contribution < 1.29 is 46.1 Å². The van der Waals surface area contributed by atoms with Crippen molar-refractivity contribution in [2.45, 2.75) is 62.8 Å². The Bertz CT molecular complexity index is 1540. The number of aryl methyl sites for hydroxylation is 1. The van der Waals surface area contributed by atoms with Crippen molar-refractivity contribution in [1.82, 2.24) is 10.2 Å². The fraction of sp³-hybridized carbons (Fsp3) is 0.394. The third-order valence-electron chi connectivity index (χ3n) is 8.59. The van der Waals surface area contributed by atoms with Gasteiger partial charge in [0.1, 0.15) is 0 Å². The molecule has 2 amide bonds. The Balaban J connectivity index is 0.000000617. The van der Waals surface area contributed by atoms with Crippen LogP contribution in [0.3, 0.4) is 0 Å². The summed E-state index contributed by atoms with van der Waals surface area (Å²) in [7, 11) is 3.29. The highest BCUT2D eigenvalue weighted by atomic mass is 19.4. The number of methoxy groups -OCH3 is 2. The van der Waals surface area contributed by atoms with Crippen LogP contribution in [-0.2, 0) is 16.8 Å². The second kappa shape index (κ2) is 14.4. The molecule has 8 nitrogen and oxygen atoms in total. The zero-order chi connectivity index (χ0) is 33.6. The molecule has 1 aliphatic carbocycles. The molecular formula is C33H36F5N3O5. The van der Waals surface area contributed by atoms with E-state index in [9.17, 15) is 26.7 Å². The van der Waals surface area contributed by atoms with Crippen LogP contribution >= 0.6 is 0 Å². The van der Waals surface area contributed by atoms with Crippen molar-refractivity contribution in [3.8, 4) is 11.5 Å². The molecule has 1 heterocycles. The highest BCUT2D eigenvalue weighted by Crippen LogP contribution is 2.50. The number of fused-ring (bicyclic) bond motifs is 1. The molecule has 248 valence electrons. The van der Waals surface area contributed by atoms with Crippen molar-refractivity contribution in [1.29, 1.82) is 0 Å². The second-order valence-electron chi connectivity index (χ2n) is 11.4. The summed E-state index contributed by atoms with van der Waals surface area (Å²) in [5.74, 6) is -3.29. The number of halogens is 5. The van der Waals surface area contributed by atoms with Crippen LogP contribution in [0.15, 0.2) is 60.7 Å². The lowest BCUT2D eigenvalue weighted by Gasteiger charge is -2.45. The van der Waals surface area contributed by atoms with Gasteiger partial charge in [-0.3, -0.25) is 4.90 Å². The molecule has 0 spiro atoms. The van der Waals surface area contributed by atoms with Crippen LogP contribution in [-0.4, -0.2) is 61.0 Å². The number of nitrogens with one attached hydrogen (secondary N) is 2. The summed E-state index contributed by atoms with van der Waals surface area (Å²) >= 11 is 0. The minimum absolute atomic E-state index is 0.0628. The molecule has 3 atom stereocenters. The van der Waals surface area contributed by atoms with Crippen LogP contribution in [0.4, 0.5) is 32.4 Å². The number of aliphatic carboxylic acids is 1. The van der Waals surface area contributed by atoms with Gasteiger partial charge in [-0.1, -0.05) is 35.9 Å². The second-order valence-corrected chi connectivity index (χ2v) is 11.4. The van der Waals surface area contributed by atoms with E-state index < -0.39 is 29.8 Å². The Morgan fingerprint density at radius 3 is 2.24 bits per heavy atom. The molecule has 1 saturated carbocycles. The molecule has 5 rings (SSSR count). The van der Waals surface area contributed by atoms with Crippen LogP contribution in [0.25, 0.3) is 0 Å². The number of carboxylic acids is 1. The van der Waals surface area contributed by atoms with Gasteiger partial charge in [-0.2, -0.15) is 13.2 Å². The summed E-state index contributed by atoms with van der Waals surface area (Å²) in [6, 6.07) is 17.9. The number of likely N-dealkylation sites (tertiary alicyclic amines) is 1. The lowest BCUT2D eigenvalue weighted by atomic mass is 9.65. The first-order valence-corrected chi connectivity index (χ1v) is 14.6. The molecule has 46 heavy (non-hydrogen) atoms. The normalized spacial score (nSPS) is 21.0. The van der Waals surface area contributed by atoms with Crippen molar-refractivity contribution in [2.24, 2.45) is 0 Å². The predicted octanol–water partition coefficient (Wildman–Crippen LogP) is 6.81. The van der Waals surface area contributed by atoms with Crippen molar-refractivity contribution in [3.05, 3.63) is 89.0 Å². The van der Waals surface area contributed by atoms with Gasteiger partial charge >= 0.3 is 18.2 Å². The van der Waals surface area contributed by atoms with Gasteiger partial charge < -0.3 is 25.2 Å². The van der Waals surface area contributed by atoms with E-state index in [4.69, 9.17) is 19.4 Å². The molecule has 0 radical (unpaired) electrons. The fourth-order valence-corrected chi connectivity index (χ4v) is 6.30. The van der Waals surface area contributed by atoms with Crippen LogP contribution < -0.4 is 20.1 Å². The van der Waals surface area contributed by atoms with E-state index >= 15 is 0 Å². The number of rotatable bonds is 7. The number of nitrogens with zero attached hydrogens (tertiary/aromatic N) is 1. The standard InChI is InChI=1S/C31H35F2N3O3.C2HF3O2/c1-20-4-6-21(7-5-20)19-36-15-14-31(22-8-11-27(38-2)28(16-22)39-3)13-12-24(18-29(31)36)35-30(37)34-23-9-10-25(32)26(33)17-23;3-2(4,5)1(6)7/h4-11,16-17,24,29H,12-15,18-19H2,1-3H3,(H2,34,35,37);(H,6,7)/t24-,29+,31+;/m1./s1. The van der Waals surface area contributed by atoms with E-state index in [-0.39, 0.29) is 23.2 Å². The molecule has 1 aliphatic heterocycles. The highest BCUT2D eigenvalue weighted by molar-refractivity contribution is 5.89. The van der Waals surface area contributed by atoms with E-state index in [1.54, 1.807) is 14.2 Å². The van der Waals surface area contributed by atoms with Gasteiger partial charge in [0.25, 0.3) is 0 Å². The zero-order valence-corrected chi connectivity index (χ0v) is 25.6. The van der Waals surface area contributed by atoms with Gasteiger partial charge in [-0.15, -0.1) is 0 Å². The molecule has 0 bridgehead atoms. The van der Waals surface area contributed by atoms with E-state index in [2.05, 4.69) is 58.9 Å². The number of hydrogen-bond donors (Lipinski definition) is 3. The van der Waals surface area contributed by atoms with E-state index in [0.717, 1.165) is 50.9 Å². The summed E-state index contributed by atoms with van der Waals surface area (Å²) in [6.07, 6.45) is -1.61. The maximum absolute atomic E-state index is 13.6. The average molecular weight is 650 g/mol.